The Morgan fingerprint density at radius 1 is 1.11 bits per heavy atom. The molecule has 1 saturated heterocycles. The Bertz CT molecular complexity index is 1320. The van der Waals surface area contributed by atoms with Gasteiger partial charge in [-0.2, -0.15) is 0 Å². The number of sulfonamides is 1. The zero-order valence-corrected chi connectivity index (χ0v) is 21.4. The van der Waals surface area contributed by atoms with E-state index in [9.17, 15) is 18.0 Å². The van der Waals surface area contributed by atoms with Gasteiger partial charge < -0.3 is 20.7 Å². The van der Waals surface area contributed by atoms with Gasteiger partial charge in [0.2, 0.25) is 15.9 Å². The molecular weight excluding hydrogens is 500 g/mol. The number of thiophene rings is 1. The van der Waals surface area contributed by atoms with Crippen molar-refractivity contribution in [3.05, 3.63) is 71.1 Å². The normalized spacial score (nSPS) is 14.9. The number of morpholine rings is 1. The maximum atomic E-state index is 13.0. The Hall–Kier alpha value is -3.25. The second kappa shape index (κ2) is 11.2. The predicted molar refractivity (Wildman–Crippen MR) is 141 cm³/mol. The number of benzene rings is 2. The summed E-state index contributed by atoms with van der Waals surface area (Å²) in [5.74, 6) is -0.626. The van der Waals surface area contributed by atoms with E-state index in [1.165, 1.54) is 0 Å². The van der Waals surface area contributed by atoms with Gasteiger partial charge in [-0.1, -0.05) is 24.3 Å². The van der Waals surface area contributed by atoms with Crippen molar-refractivity contribution in [1.29, 1.82) is 0 Å². The van der Waals surface area contributed by atoms with Gasteiger partial charge in [-0.25, -0.2) is 13.1 Å². The molecule has 2 amide bonds. The van der Waals surface area contributed by atoms with Crippen molar-refractivity contribution in [2.45, 2.75) is 12.5 Å². The summed E-state index contributed by atoms with van der Waals surface area (Å²) in [7, 11) is -3.61. The van der Waals surface area contributed by atoms with Crippen LogP contribution in [0.3, 0.4) is 0 Å². The van der Waals surface area contributed by atoms with Crippen LogP contribution in [-0.2, 0) is 26.0 Å². The van der Waals surface area contributed by atoms with E-state index in [4.69, 9.17) is 10.5 Å². The minimum absolute atomic E-state index is 0.154. The van der Waals surface area contributed by atoms with Gasteiger partial charge in [0.25, 0.3) is 5.91 Å². The molecule has 0 radical (unpaired) electrons. The van der Waals surface area contributed by atoms with Crippen LogP contribution >= 0.6 is 11.3 Å². The Kier molecular flexibility index (Phi) is 8.04. The average molecular weight is 529 g/mol. The lowest BCUT2D eigenvalue weighted by molar-refractivity contribution is -0.137. The van der Waals surface area contributed by atoms with E-state index in [-0.39, 0.29) is 18.2 Å². The summed E-state index contributed by atoms with van der Waals surface area (Å²) in [6.45, 7) is 1.66. The maximum Gasteiger partial charge on any atom is 0.255 e. The second-order valence-electron chi connectivity index (χ2n) is 8.51. The van der Waals surface area contributed by atoms with E-state index in [1.54, 1.807) is 46.6 Å². The topological polar surface area (TPSA) is 131 Å². The number of carbonyl (C=O) groups is 2. The smallest absolute Gasteiger partial charge is 0.255 e. The van der Waals surface area contributed by atoms with Crippen molar-refractivity contribution < 1.29 is 22.7 Å². The number of hydrogen-bond acceptors (Lipinski definition) is 7. The van der Waals surface area contributed by atoms with Crippen LogP contribution in [0, 0.1) is 0 Å². The Labute approximate surface area is 214 Å². The van der Waals surface area contributed by atoms with Crippen LogP contribution in [0.25, 0.3) is 10.4 Å². The molecule has 1 aromatic heterocycles. The highest BCUT2D eigenvalue weighted by Crippen LogP contribution is 2.30. The first-order valence-corrected chi connectivity index (χ1v) is 14.1. The third kappa shape index (κ3) is 6.70. The van der Waals surface area contributed by atoms with Crippen molar-refractivity contribution in [1.82, 2.24) is 9.62 Å². The summed E-state index contributed by atoms with van der Waals surface area (Å²) < 4.78 is 31.5. The molecule has 190 valence electrons. The van der Waals surface area contributed by atoms with Gasteiger partial charge in [0.05, 0.1) is 30.8 Å². The molecule has 2 aromatic carbocycles. The molecule has 11 heteroatoms. The fraction of sp³-hybridized carbons (Fsp3) is 0.280. The molecule has 9 nitrogen and oxygen atoms in total. The number of nitrogens with zero attached hydrogens (tertiary/aromatic N) is 1. The third-order valence-electron chi connectivity index (χ3n) is 5.74. The Morgan fingerprint density at radius 3 is 2.47 bits per heavy atom. The highest BCUT2D eigenvalue weighted by Gasteiger charge is 2.28. The molecule has 1 fully saturated rings. The number of nitrogen functional groups attached to an aromatic ring is 1. The van der Waals surface area contributed by atoms with Crippen LogP contribution in [0.5, 0.6) is 0 Å². The van der Waals surface area contributed by atoms with Crippen LogP contribution in [-0.4, -0.2) is 63.7 Å². The number of amides is 2. The molecule has 1 atom stereocenters. The minimum atomic E-state index is -3.61. The largest absolute Gasteiger partial charge is 0.397 e. The number of hydrogen-bond donors (Lipinski definition) is 3. The van der Waals surface area contributed by atoms with Crippen molar-refractivity contribution in [3.63, 3.8) is 0 Å². The second-order valence-corrected chi connectivity index (χ2v) is 11.2. The summed E-state index contributed by atoms with van der Waals surface area (Å²) in [6, 6.07) is 15.2. The predicted octanol–water partition coefficient (Wildman–Crippen LogP) is 2.57. The molecule has 0 bridgehead atoms. The standard InChI is InChI=1S/C25H28N4O5S2/c1-36(32,33)28-22(25(31)29-10-12-34-13-11-29)15-17-4-6-18(7-5-17)24(30)27-21-16-19(8-9-20(21)26)23-3-2-14-35-23/h2-9,14,16,22,28H,10-13,15,26H2,1H3,(H,27,30)/t22-/m0/s1. The molecule has 2 heterocycles. The SMILES string of the molecule is CS(=O)(=O)N[C@@H](Cc1ccc(C(=O)Nc2cc(-c3cccs3)ccc2N)cc1)C(=O)N1CCOCC1. The lowest BCUT2D eigenvalue weighted by Crippen LogP contribution is -2.52. The van der Waals surface area contributed by atoms with Crippen LogP contribution in [0.2, 0.25) is 0 Å². The van der Waals surface area contributed by atoms with Crippen molar-refractivity contribution >= 4 is 44.5 Å². The number of rotatable bonds is 8. The maximum absolute atomic E-state index is 13.0. The number of anilines is 2. The number of ether oxygens (including phenoxy) is 1. The van der Waals surface area contributed by atoms with E-state index in [0.29, 0.717) is 48.8 Å². The van der Waals surface area contributed by atoms with Crippen molar-refractivity contribution in [3.8, 4) is 10.4 Å². The highest BCUT2D eigenvalue weighted by molar-refractivity contribution is 7.88. The summed E-state index contributed by atoms with van der Waals surface area (Å²) in [5.41, 5.74) is 9.13. The number of carbonyl (C=O) groups excluding carboxylic acids is 2. The van der Waals surface area contributed by atoms with Crippen LogP contribution in [0.1, 0.15) is 15.9 Å². The molecule has 3 aromatic rings. The first-order chi connectivity index (χ1) is 17.2. The van der Waals surface area contributed by atoms with E-state index >= 15 is 0 Å². The fourth-order valence-corrected chi connectivity index (χ4v) is 5.35. The lowest BCUT2D eigenvalue weighted by atomic mass is 10.0. The lowest BCUT2D eigenvalue weighted by Gasteiger charge is -2.30. The van der Waals surface area contributed by atoms with Crippen LogP contribution in [0.15, 0.2) is 60.0 Å². The Balaban J connectivity index is 1.46. The summed E-state index contributed by atoms with van der Waals surface area (Å²) in [4.78, 5) is 28.5. The molecule has 36 heavy (non-hydrogen) atoms. The summed E-state index contributed by atoms with van der Waals surface area (Å²) in [5, 5.41) is 4.84. The first kappa shape index (κ1) is 25.8. The third-order valence-corrected chi connectivity index (χ3v) is 7.37. The van der Waals surface area contributed by atoms with Crippen LogP contribution < -0.4 is 15.8 Å². The van der Waals surface area contributed by atoms with Crippen molar-refractivity contribution in [2.75, 3.05) is 43.6 Å². The molecule has 0 aliphatic carbocycles. The number of nitrogens with one attached hydrogen (secondary N) is 2. The first-order valence-electron chi connectivity index (χ1n) is 11.4. The average Bonchev–Trinajstić information content (AvgIpc) is 3.40. The molecule has 1 aliphatic heterocycles. The quantitative estimate of drug-likeness (QED) is 0.385. The zero-order chi connectivity index (χ0) is 25.7. The van der Waals surface area contributed by atoms with E-state index in [1.807, 2.05) is 29.6 Å². The van der Waals surface area contributed by atoms with Gasteiger partial charge in [0.15, 0.2) is 0 Å². The fourth-order valence-electron chi connectivity index (χ4n) is 3.92. The number of nitrogens with two attached hydrogens (primary N) is 1. The van der Waals surface area contributed by atoms with Gasteiger partial charge in [-0.3, -0.25) is 9.59 Å². The van der Waals surface area contributed by atoms with Gasteiger partial charge in [0, 0.05) is 23.5 Å². The molecule has 1 aliphatic rings. The van der Waals surface area contributed by atoms with E-state index < -0.39 is 16.1 Å². The molecule has 0 saturated carbocycles. The molecule has 0 unspecified atom stereocenters. The molecule has 4 N–H and O–H groups in total. The van der Waals surface area contributed by atoms with E-state index in [2.05, 4.69) is 10.0 Å². The molecular formula is C25H28N4O5S2. The van der Waals surface area contributed by atoms with Crippen molar-refractivity contribution in [2.24, 2.45) is 0 Å². The monoisotopic (exact) mass is 528 g/mol. The molecule has 4 rings (SSSR count). The van der Waals surface area contributed by atoms with Gasteiger partial charge >= 0.3 is 0 Å². The zero-order valence-electron chi connectivity index (χ0n) is 19.8. The minimum Gasteiger partial charge on any atom is -0.397 e. The molecule has 0 spiro atoms. The van der Waals surface area contributed by atoms with Gasteiger partial charge in [0.1, 0.15) is 6.04 Å². The Morgan fingerprint density at radius 2 is 1.83 bits per heavy atom. The summed E-state index contributed by atoms with van der Waals surface area (Å²) >= 11 is 1.60. The highest BCUT2D eigenvalue weighted by atomic mass is 32.2. The summed E-state index contributed by atoms with van der Waals surface area (Å²) in [6.07, 6.45) is 1.18. The van der Waals surface area contributed by atoms with E-state index in [0.717, 1.165) is 16.7 Å². The van der Waals surface area contributed by atoms with Crippen LogP contribution in [0.4, 0.5) is 11.4 Å². The van der Waals surface area contributed by atoms with Gasteiger partial charge in [-0.05, 0) is 53.3 Å². The van der Waals surface area contributed by atoms with Gasteiger partial charge in [-0.15, -0.1) is 11.3 Å².